The number of hydrogen-bond acceptors (Lipinski definition) is 3. The van der Waals surface area contributed by atoms with E-state index in [1.54, 1.807) is 11.1 Å². The van der Waals surface area contributed by atoms with Gasteiger partial charge in [0.1, 0.15) is 0 Å². The Bertz CT molecular complexity index is 446. The zero-order chi connectivity index (χ0) is 9.97. The first-order valence-electron chi connectivity index (χ1n) is 4.39. The Kier molecular flexibility index (Phi) is 2.20. The second kappa shape index (κ2) is 3.51. The van der Waals surface area contributed by atoms with Crippen molar-refractivity contribution in [2.75, 3.05) is 11.6 Å². The molecule has 4 nitrogen and oxygen atoms in total. The van der Waals surface area contributed by atoms with Crippen LogP contribution in [0.5, 0.6) is 0 Å². The average Bonchev–Trinajstić information content (AvgIpc) is 2.61. The Morgan fingerprint density at radius 1 is 1.50 bits per heavy atom. The highest BCUT2D eigenvalue weighted by atomic mass is 15.4. The maximum Gasteiger partial charge on any atom is 0.172 e. The standard InChI is InChI=1S/C10H12N4/c1-2-7-14(11)10-8-5-3-4-6-9(8)12-13-10/h2-6H,1,7,11H2,(H,12,13). The van der Waals surface area contributed by atoms with Gasteiger partial charge in [-0.05, 0) is 12.1 Å². The van der Waals surface area contributed by atoms with E-state index in [2.05, 4.69) is 16.8 Å². The van der Waals surface area contributed by atoms with Gasteiger partial charge < -0.3 is 0 Å². The first-order valence-corrected chi connectivity index (χ1v) is 4.39. The molecule has 72 valence electrons. The number of fused-ring (bicyclic) bond motifs is 1. The molecule has 1 aromatic carbocycles. The number of benzene rings is 1. The van der Waals surface area contributed by atoms with Crippen LogP contribution in [0, 0.1) is 0 Å². The van der Waals surface area contributed by atoms with Crippen LogP contribution < -0.4 is 10.9 Å². The highest BCUT2D eigenvalue weighted by Gasteiger charge is 2.08. The Hall–Kier alpha value is -1.81. The lowest BCUT2D eigenvalue weighted by atomic mass is 10.2. The first-order chi connectivity index (χ1) is 6.83. The summed E-state index contributed by atoms with van der Waals surface area (Å²) < 4.78 is 0. The Morgan fingerprint density at radius 3 is 3.07 bits per heavy atom. The minimum atomic E-state index is 0.578. The van der Waals surface area contributed by atoms with Gasteiger partial charge in [0, 0.05) is 5.39 Å². The van der Waals surface area contributed by atoms with Crippen molar-refractivity contribution in [2.24, 2.45) is 5.84 Å². The zero-order valence-electron chi connectivity index (χ0n) is 7.77. The van der Waals surface area contributed by atoms with Crippen LogP contribution in [0.1, 0.15) is 0 Å². The molecule has 14 heavy (non-hydrogen) atoms. The predicted octanol–water partition coefficient (Wildman–Crippen LogP) is 1.43. The molecule has 0 unspecified atom stereocenters. The highest BCUT2D eigenvalue weighted by Crippen LogP contribution is 2.21. The van der Waals surface area contributed by atoms with E-state index in [1.807, 2.05) is 24.3 Å². The van der Waals surface area contributed by atoms with E-state index in [0.717, 1.165) is 16.7 Å². The van der Waals surface area contributed by atoms with E-state index in [4.69, 9.17) is 5.84 Å². The number of nitrogens with zero attached hydrogens (tertiary/aromatic N) is 2. The number of rotatable bonds is 3. The zero-order valence-corrected chi connectivity index (χ0v) is 7.77. The minimum absolute atomic E-state index is 0.578. The summed E-state index contributed by atoms with van der Waals surface area (Å²) >= 11 is 0. The molecule has 0 saturated heterocycles. The molecule has 0 fully saturated rings. The number of aromatic nitrogens is 2. The Balaban J connectivity index is 2.47. The molecule has 0 aliphatic rings. The van der Waals surface area contributed by atoms with Crippen molar-refractivity contribution in [3.05, 3.63) is 36.9 Å². The smallest absolute Gasteiger partial charge is 0.172 e. The lowest BCUT2D eigenvalue weighted by Gasteiger charge is -2.12. The van der Waals surface area contributed by atoms with Crippen LogP contribution in [0.25, 0.3) is 10.9 Å². The van der Waals surface area contributed by atoms with Gasteiger partial charge in [-0.1, -0.05) is 18.2 Å². The van der Waals surface area contributed by atoms with Gasteiger partial charge in [0.2, 0.25) is 0 Å². The number of aromatic amines is 1. The normalized spacial score (nSPS) is 10.4. The van der Waals surface area contributed by atoms with Crippen LogP contribution in [0.3, 0.4) is 0 Å². The van der Waals surface area contributed by atoms with Crippen molar-refractivity contribution in [2.45, 2.75) is 0 Å². The maximum absolute atomic E-state index is 5.80. The summed E-state index contributed by atoms with van der Waals surface area (Å²) in [4.78, 5) is 0. The Labute approximate surface area is 82.0 Å². The second-order valence-corrected chi connectivity index (χ2v) is 3.03. The molecular formula is C10H12N4. The van der Waals surface area contributed by atoms with Gasteiger partial charge in [-0.15, -0.1) is 6.58 Å². The van der Waals surface area contributed by atoms with Crippen molar-refractivity contribution in [1.29, 1.82) is 0 Å². The molecule has 0 aliphatic heterocycles. The van der Waals surface area contributed by atoms with Crippen LogP contribution in [-0.2, 0) is 0 Å². The summed E-state index contributed by atoms with van der Waals surface area (Å²) in [6.07, 6.45) is 1.74. The fourth-order valence-corrected chi connectivity index (χ4v) is 1.39. The molecule has 1 aromatic heterocycles. The third kappa shape index (κ3) is 1.36. The SMILES string of the molecule is C=CCN(N)c1n[nH]c2ccccc12. The van der Waals surface area contributed by atoms with Crippen LogP contribution in [-0.4, -0.2) is 16.7 Å². The fourth-order valence-electron chi connectivity index (χ4n) is 1.39. The summed E-state index contributed by atoms with van der Waals surface area (Å²) in [7, 11) is 0. The lowest BCUT2D eigenvalue weighted by molar-refractivity contribution is 0.903. The molecule has 3 N–H and O–H groups in total. The maximum atomic E-state index is 5.80. The number of H-pyrrole nitrogens is 1. The first kappa shape index (κ1) is 8.77. The Morgan fingerprint density at radius 2 is 2.29 bits per heavy atom. The summed E-state index contributed by atoms with van der Waals surface area (Å²) in [5.74, 6) is 6.55. The molecule has 0 saturated carbocycles. The van der Waals surface area contributed by atoms with Crippen LogP contribution >= 0.6 is 0 Å². The van der Waals surface area contributed by atoms with Gasteiger partial charge >= 0.3 is 0 Å². The molecular weight excluding hydrogens is 176 g/mol. The topological polar surface area (TPSA) is 57.9 Å². The molecule has 0 amide bonds. The summed E-state index contributed by atoms with van der Waals surface area (Å²) in [5.41, 5.74) is 0.988. The third-order valence-corrected chi connectivity index (χ3v) is 2.05. The van der Waals surface area contributed by atoms with Gasteiger partial charge in [0.25, 0.3) is 0 Å². The molecule has 0 atom stereocenters. The van der Waals surface area contributed by atoms with Crippen LogP contribution in [0.2, 0.25) is 0 Å². The molecule has 0 spiro atoms. The van der Waals surface area contributed by atoms with Gasteiger partial charge in [-0.2, -0.15) is 5.10 Å². The lowest BCUT2D eigenvalue weighted by Crippen LogP contribution is -2.31. The minimum Gasteiger partial charge on any atom is -0.289 e. The van der Waals surface area contributed by atoms with E-state index in [0.29, 0.717) is 6.54 Å². The van der Waals surface area contributed by atoms with Gasteiger partial charge in [-0.25, -0.2) is 5.84 Å². The third-order valence-electron chi connectivity index (χ3n) is 2.05. The van der Waals surface area contributed by atoms with Crippen molar-refractivity contribution in [3.63, 3.8) is 0 Å². The highest BCUT2D eigenvalue weighted by molar-refractivity contribution is 5.89. The van der Waals surface area contributed by atoms with Gasteiger partial charge in [-0.3, -0.25) is 10.1 Å². The van der Waals surface area contributed by atoms with Crippen molar-refractivity contribution in [3.8, 4) is 0 Å². The fraction of sp³-hybridized carbons (Fsp3) is 0.100. The van der Waals surface area contributed by atoms with E-state index >= 15 is 0 Å². The van der Waals surface area contributed by atoms with Crippen LogP contribution in [0.15, 0.2) is 36.9 Å². The molecule has 4 heteroatoms. The van der Waals surface area contributed by atoms with Crippen molar-refractivity contribution < 1.29 is 0 Å². The summed E-state index contributed by atoms with van der Waals surface area (Å²) in [6, 6.07) is 7.87. The molecule has 0 bridgehead atoms. The summed E-state index contributed by atoms with van der Waals surface area (Å²) in [6.45, 7) is 4.21. The van der Waals surface area contributed by atoms with E-state index < -0.39 is 0 Å². The molecule has 0 radical (unpaired) electrons. The van der Waals surface area contributed by atoms with Crippen molar-refractivity contribution in [1.82, 2.24) is 10.2 Å². The number of para-hydroxylation sites is 1. The van der Waals surface area contributed by atoms with Gasteiger partial charge in [0.05, 0.1) is 12.1 Å². The van der Waals surface area contributed by atoms with E-state index in [-0.39, 0.29) is 0 Å². The van der Waals surface area contributed by atoms with Crippen LogP contribution in [0.4, 0.5) is 5.82 Å². The predicted molar refractivity (Wildman–Crippen MR) is 57.8 cm³/mol. The number of hydrogen-bond donors (Lipinski definition) is 2. The summed E-state index contributed by atoms with van der Waals surface area (Å²) in [5, 5.41) is 9.65. The largest absolute Gasteiger partial charge is 0.289 e. The molecule has 0 aliphatic carbocycles. The number of nitrogens with two attached hydrogens (primary N) is 1. The average molecular weight is 188 g/mol. The number of anilines is 1. The van der Waals surface area contributed by atoms with E-state index in [1.165, 1.54) is 0 Å². The molecule has 1 heterocycles. The molecule has 2 rings (SSSR count). The van der Waals surface area contributed by atoms with Gasteiger partial charge in [0.15, 0.2) is 5.82 Å². The van der Waals surface area contributed by atoms with Crippen molar-refractivity contribution >= 4 is 16.7 Å². The molecule has 2 aromatic rings. The number of nitrogens with one attached hydrogen (secondary N) is 1. The number of hydrazine groups is 1. The van der Waals surface area contributed by atoms with E-state index in [9.17, 15) is 0 Å². The monoisotopic (exact) mass is 188 g/mol. The second-order valence-electron chi connectivity index (χ2n) is 3.03. The quantitative estimate of drug-likeness (QED) is 0.435.